The van der Waals surface area contributed by atoms with Crippen LogP contribution in [0.3, 0.4) is 0 Å². The number of rotatable bonds is 5. The summed E-state index contributed by atoms with van der Waals surface area (Å²) in [5.41, 5.74) is 1.49. The van der Waals surface area contributed by atoms with E-state index in [-0.39, 0.29) is 23.3 Å². The number of benzene rings is 1. The Kier molecular flexibility index (Phi) is 5.74. The Hall–Kier alpha value is -2.56. The number of aromatic hydroxyl groups is 1. The van der Waals surface area contributed by atoms with Gasteiger partial charge in [0.15, 0.2) is 0 Å². The van der Waals surface area contributed by atoms with Crippen LogP contribution in [-0.2, 0) is 6.42 Å². The molecule has 154 valence electrons. The largest absolute Gasteiger partial charge is 0.508 e. The van der Waals surface area contributed by atoms with E-state index >= 15 is 0 Å². The molecule has 0 bridgehead atoms. The summed E-state index contributed by atoms with van der Waals surface area (Å²) in [7, 11) is 0. The van der Waals surface area contributed by atoms with Crippen molar-refractivity contribution in [3.05, 3.63) is 63.2 Å². The van der Waals surface area contributed by atoms with Crippen LogP contribution in [0.2, 0.25) is 0 Å². The van der Waals surface area contributed by atoms with Gasteiger partial charge in [0.2, 0.25) is 0 Å². The van der Waals surface area contributed by atoms with Crippen LogP contribution in [0.4, 0.5) is 0 Å². The maximum Gasteiger partial charge on any atom is 0.349 e. The number of carbonyl (C=O) groups excluding carboxylic acids is 1. The van der Waals surface area contributed by atoms with Crippen LogP contribution in [0.5, 0.6) is 5.75 Å². The van der Waals surface area contributed by atoms with Gasteiger partial charge in [-0.05, 0) is 81.2 Å². The van der Waals surface area contributed by atoms with Crippen LogP contribution in [0.15, 0.2) is 39.5 Å². The summed E-state index contributed by atoms with van der Waals surface area (Å²) in [4.78, 5) is 27.8. The summed E-state index contributed by atoms with van der Waals surface area (Å²) < 4.78 is 5.55. The molecule has 2 fully saturated rings. The van der Waals surface area contributed by atoms with E-state index in [4.69, 9.17) is 4.42 Å². The van der Waals surface area contributed by atoms with Crippen LogP contribution in [0, 0.1) is 6.92 Å². The molecule has 5 nitrogen and oxygen atoms in total. The van der Waals surface area contributed by atoms with Crippen molar-refractivity contribution < 1.29 is 14.3 Å². The molecule has 1 N–H and O–H groups in total. The highest BCUT2D eigenvalue weighted by molar-refractivity contribution is 5.95. The molecule has 0 spiro atoms. The number of phenols is 1. The highest BCUT2D eigenvalue weighted by atomic mass is 16.4. The molecule has 4 rings (SSSR count). The second-order valence-corrected chi connectivity index (χ2v) is 8.48. The van der Waals surface area contributed by atoms with E-state index in [9.17, 15) is 14.7 Å². The Balaban J connectivity index is 1.52. The molecule has 5 heteroatoms. The predicted octanol–water partition coefficient (Wildman–Crippen LogP) is 4.55. The van der Waals surface area contributed by atoms with Crippen LogP contribution >= 0.6 is 0 Å². The minimum absolute atomic E-state index is 0.101. The summed E-state index contributed by atoms with van der Waals surface area (Å²) in [6.07, 6.45) is 7.87. The minimum atomic E-state index is -0.491. The number of hydrogen-bond donors (Lipinski definition) is 1. The van der Waals surface area contributed by atoms with E-state index in [1.165, 1.54) is 6.42 Å². The van der Waals surface area contributed by atoms with E-state index in [2.05, 4.69) is 0 Å². The third kappa shape index (κ3) is 4.24. The Morgan fingerprint density at radius 3 is 2.69 bits per heavy atom. The van der Waals surface area contributed by atoms with Gasteiger partial charge in [0.1, 0.15) is 17.1 Å². The molecule has 2 aliphatic rings. The number of nitrogens with zero attached hydrogens (tertiary/aromatic N) is 1. The number of amides is 1. The van der Waals surface area contributed by atoms with Crippen LogP contribution < -0.4 is 5.63 Å². The summed E-state index contributed by atoms with van der Waals surface area (Å²) in [6, 6.07) is 9.26. The van der Waals surface area contributed by atoms with Crippen molar-refractivity contribution in [1.82, 2.24) is 4.90 Å². The zero-order valence-corrected chi connectivity index (χ0v) is 17.0. The Labute approximate surface area is 171 Å². The number of likely N-dealkylation sites (tertiary alicyclic amines) is 1. The molecule has 1 amide bonds. The van der Waals surface area contributed by atoms with Gasteiger partial charge >= 0.3 is 5.63 Å². The maximum atomic E-state index is 13.3. The highest BCUT2D eigenvalue weighted by Gasteiger charge is 2.31. The average molecular weight is 395 g/mol. The molecule has 0 radical (unpaired) electrons. The Morgan fingerprint density at radius 1 is 1.17 bits per heavy atom. The van der Waals surface area contributed by atoms with Gasteiger partial charge in [0, 0.05) is 18.5 Å². The Bertz CT molecular complexity index is 944. The third-order valence-electron chi connectivity index (χ3n) is 6.45. The minimum Gasteiger partial charge on any atom is -0.508 e. The topological polar surface area (TPSA) is 70.8 Å². The van der Waals surface area contributed by atoms with Crippen molar-refractivity contribution >= 4 is 5.91 Å². The Morgan fingerprint density at radius 2 is 2.00 bits per heavy atom. The van der Waals surface area contributed by atoms with Gasteiger partial charge in [-0.1, -0.05) is 18.6 Å². The predicted molar refractivity (Wildman–Crippen MR) is 111 cm³/mol. The highest BCUT2D eigenvalue weighted by Crippen LogP contribution is 2.36. The first-order chi connectivity index (χ1) is 14.0. The molecule has 2 aromatic rings. The van der Waals surface area contributed by atoms with Gasteiger partial charge in [0.25, 0.3) is 5.91 Å². The second kappa shape index (κ2) is 8.44. The lowest BCUT2D eigenvalue weighted by Crippen LogP contribution is -2.45. The number of hydrogen-bond acceptors (Lipinski definition) is 4. The van der Waals surface area contributed by atoms with Crippen molar-refractivity contribution in [3.8, 4) is 5.75 Å². The van der Waals surface area contributed by atoms with Crippen molar-refractivity contribution in [2.45, 2.75) is 70.3 Å². The summed E-state index contributed by atoms with van der Waals surface area (Å²) in [6.45, 7) is 2.52. The van der Waals surface area contributed by atoms with Gasteiger partial charge in [-0.2, -0.15) is 0 Å². The molecule has 1 saturated heterocycles. The lowest BCUT2D eigenvalue weighted by atomic mass is 9.83. The van der Waals surface area contributed by atoms with Crippen molar-refractivity contribution in [2.24, 2.45) is 0 Å². The smallest absolute Gasteiger partial charge is 0.349 e. The quantitative estimate of drug-likeness (QED) is 0.806. The van der Waals surface area contributed by atoms with Gasteiger partial charge in [-0.25, -0.2) is 4.79 Å². The van der Waals surface area contributed by atoms with Crippen LogP contribution in [0.1, 0.15) is 78.1 Å². The second-order valence-electron chi connectivity index (χ2n) is 8.48. The van der Waals surface area contributed by atoms with Crippen molar-refractivity contribution in [3.63, 3.8) is 0 Å². The molecular weight excluding hydrogens is 366 g/mol. The van der Waals surface area contributed by atoms with E-state index in [0.29, 0.717) is 12.5 Å². The maximum absolute atomic E-state index is 13.3. The normalized spacial score (nSPS) is 19.8. The number of piperidine rings is 1. The van der Waals surface area contributed by atoms with E-state index in [0.717, 1.165) is 61.8 Å². The molecule has 1 aromatic heterocycles. The fourth-order valence-corrected chi connectivity index (χ4v) is 4.54. The molecule has 29 heavy (non-hydrogen) atoms. The zero-order valence-electron chi connectivity index (χ0n) is 17.0. The van der Waals surface area contributed by atoms with Gasteiger partial charge < -0.3 is 14.4 Å². The number of aryl methyl sites for hydroxylation is 2. The summed E-state index contributed by atoms with van der Waals surface area (Å²) >= 11 is 0. The van der Waals surface area contributed by atoms with Crippen LogP contribution in [-0.4, -0.2) is 28.5 Å². The molecule has 1 unspecified atom stereocenters. The zero-order chi connectivity index (χ0) is 20.4. The standard InChI is InChI=1S/C24H29NO4/c1-16-14-21(18-7-5-8-18)29-24(28)22(16)23(27)25-13-3-2-9-19(25)12-11-17-6-4-10-20(26)15-17/h4,6,10,14-15,18-19,26H,2-3,5,7-9,11-13H2,1H3. The van der Waals surface area contributed by atoms with Crippen molar-refractivity contribution in [1.29, 1.82) is 0 Å². The van der Waals surface area contributed by atoms with E-state index in [1.807, 2.05) is 30.0 Å². The summed E-state index contributed by atoms with van der Waals surface area (Å²) in [5.74, 6) is 1.13. The van der Waals surface area contributed by atoms with Crippen molar-refractivity contribution in [2.75, 3.05) is 6.54 Å². The summed E-state index contributed by atoms with van der Waals surface area (Å²) in [5, 5.41) is 9.67. The first-order valence-electron chi connectivity index (χ1n) is 10.8. The first-order valence-corrected chi connectivity index (χ1v) is 10.8. The first kappa shape index (κ1) is 19.7. The molecule has 1 saturated carbocycles. The van der Waals surface area contributed by atoms with Gasteiger partial charge in [-0.15, -0.1) is 0 Å². The SMILES string of the molecule is Cc1cc(C2CCC2)oc(=O)c1C(=O)N1CCCCC1CCc1cccc(O)c1. The molecule has 1 aliphatic carbocycles. The van der Waals surface area contributed by atoms with E-state index < -0.39 is 5.63 Å². The molecule has 1 aromatic carbocycles. The fraction of sp³-hybridized carbons (Fsp3) is 0.500. The number of phenolic OH excluding ortho intramolecular Hbond substituents is 1. The molecular formula is C24H29NO4. The van der Waals surface area contributed by atoms with E-state index in [1.54, 1.807) is 12.1 Å². The van der Waals surface area contributed by atoms with Gasteiger partial charge in [0.05, 0.1) is 0 Å². The lowest BCUT2D eigenvalue weighted by molar-refractivity contribution is 0.0595. The molecule has 2 heterocycles. The monoisotopic (exact) mass is 395 g/mol. The molecule has 1 atom stereocenters. The van der Waals surface area contributed by atoms with Crippen LogP contribution in [0.25, 0.3) is 0 Å². The van der Waals surface area contributed by atoms with Gasteiger partial charge in [-0.3, -0.25) is 4.79 Å². The average Bonchev–Trinajstić information content (AvgIpc) is 2.65. The third-order valence-corrected chi connectivity index (χ3v) is 6.45. The number of carbonyl (C=O) groups is 1. The lowest BCUT2D eigenvalue weighted by Gasteiger charge is -2.36. The molecule has 1 aliphatic heterocycles. The fourth-order valence-electron chi connectivity index (χ4n) is 4.54.